The smallest absolute Gasteiger partial charge is 0.314 e. The number of hydrogen-bond acceptors (Lipinski definition) is 7. The second-order valence-electron chi connectivity index (χ2n) is 9.42. The first-order chi connectivity index (χ1) is 16.7. The molecule has 1 aliphatic heterocycles. The van der Waals surface area contributed by atoms with Gasteiger partial charge in [-0.1, -0.05) is 23.7 Å². The lowest BCUT2D eigenvalue weighted by Gasteiger charge is -2.38. The van der Waals surface area contributed by atoms with E-state index in [0.717, 1.165) is 17.5 Å². The lowest BCUT2D eigenvalue weighted by atomic mass is 9.64. The Labute approximate surface area is 201 Å². The molecule has 2 fully saturated rings. The van der Waals surface area contributed by atoms with Gasteiger partial charge in [-0.2, -0.15) is 4.98 Å². The molecule has 1 aromatic carbocycles. The number of aromatic nitrogens is 3. The van der Waals surface area contributed by atoms with Crippen LogP contribution in [0.4, 0.5) is 26.2 Å². The molecule has 1 saturated heterocycles. The van der Waals surface area contributed by atoms with E-state index in [9.17, 15) is 18.7 Å². The number of nitrogens with zero attached hydrogens (tertiary/aromatic N) is 4. The molecule has 0 unspecified atom stereocenters. The number of benzene rings is 1. The number of hydrogen-bond donors (Lipinski definition) is 2. The topological polar surface area (TPSA) is 104 Å². The van der Waals surface area contributed by atoms with Gasteiger partial charge < -0.3 is 19.8 Å². The molecule has 0 radical (unpaired) electrons. The summed E-state index contributed by atoms with van der Waals surface area (Å²) in [7, 11) is 0. The quantitative estimate of drug-likeness (QED) is 0.491. The number of carbonyl (C=O) groups is 1. The van der Waals surface area contributed by atoms with Gasteiger partial charge in [0.1, 0.15) is 11.6 Å². The zero-order chi connectivity index (χ0) is 24.8. The van der Waals surface area contributed by atoms with Gasteiger partial charge in [0.2, 0.25) is 5.95 Å². The van der Waals surface area contributed by atoms with Crippen LogP contribution >= 0.6 is 0 Å². The highest BCUT2D eigenvalue weighted by molar-refractivity contribution is 5.83. The highest BCUT2D eigenvalue weighted by atomic mass is 19.3. The lowest BCUT2D eigenvalue weighted by Crippen LogP contribution is -2.42. The minimum absolute atomic E-state index is 0.191. The zero-order valence-corrected chi connectivity index (χ0v) is 19.6. The predicted octanol–water partition coefficient (Wildman–Crippen LogP) is 5.23. The SMILES string of the molecule is Cc1noc(C)c1-c1cc(N2CCC(F)(F)CC2)nc(Nc2ccc(C3(C(=O)O)CCC3)cc2)n1. The summed E-state index contributed by atoms with van der Waals surface area (Å²) in [5, 5.41) is 16.9. The molecule has 0 spiro atoms. The first-order valence-corrected chi connectivity index (χ1v) is 11.7. The van der Waals surface area contributed by atoms with Crippen molar-refractivity contribution in [3.63, 3.8) is 0 Å². The molecular weight excluding hydrogens is 456 g/mol. The van der Waals surface area contributed by atoms with Crippen LogP contribution in [-0.4, -0.2) is 45.2 Å². The molecule has 5 rings (SSSR count). The van der Waals surface area contributed by atoms with Gasteiger partial charge in [0.15, 0.2) is 0 Å². The van der Waals surface area contributed by atoms with Crippen LogP contribution in [-0.2, 0) is 10.2 Å². The van der Waals surface area contributed by atoms with E-state index >= 15 is 0 Å². The third kappa shape index (κ3) is 4.33. The first-order valence-electron chi connectivity index (χ1n) is 11.7. The summed E-state index contributed by atoms with van der Waals surface area (Å²) in [5.41, 5.74) is 2.67. The molecule has 0 bridgehead atoms. The molecule has 2 N–H and O–H groups in total. The number of alkyl halides is 2. The third-order valence-electron chi connectivity index (χ3n) is 7.13. The largest absolute Gasteiger partial charge is 0.481 e. The van der Waals surface area contributed by atoms with Crippen molar-refractivity contribution < 1.29 is 23.2 Å². The van der Waals surface area contributed by atoms with Crippen LogP contribution < -0.4 is 10.2 Å². The Morgan fingerprint density at radius 3 is 2.31 bits per heavy atom. The number of aryl methyl sites for hydroxylation is 2. The van der Waals surface area contributed by atoms with Crippen LogP contribution in [0.25, 0.3) is 11.3 Å². The molecule has 1 saturated carbocycles. The van der Waals surface area contributed by atoms with Gasteiger partial charge in [-0.25, -0.2) is 13.8 Å². The van der Waals surface area contributed by atoms with E-state index in [2.05, 4.69) is 20.4 Å². The van der Waals surface area contributed by atoms with Crippen LogP contribution in [0.1, 0.15) is 49.1 Å². The molecular formula is C25H27F2N5O3. The summed E-state index contributed by atoms with van der Waals surface area (Å²) in [6, 6.07) is 9.04. The van der Waals surface area contributed by atoms with Crippen LogP contribution in [0.15, 0.2) is 34.9 Å². The Morgan fingerprint density at radius 1 is 1.09 bits per heavy atom. The van der Waals surface area contributed by atoms with Gasteiger partial charge in [-0.3, -0.25) is 4.79 Å². The number of piperidine rings is 1. The molecule has 10 heteroatoms. The highest BCUT2D eigenvalue weighted by Gasteiger charge is 2.45. The lowest BCUT2D eigenvalue weighted by molar-refractivity contribution is -0.147. The Bertz CT molecular complexity index is 1220. The molecule has 0 amide bonds. The van der Waals surface area contributed by atoms with Crippen molar-refractivity contribution >= 4 is 23.4 Å². The molecule has 3 heterocycles. The van der Waals surface area contributed by atoms with Crippen molar-refractivity contribution in [2.45, 2.75) is 57.3 Å². The summed E-state index contributed by atoms with van der Waals surface area (Å²) in [6.07, 6.45) is 1.71. The second kappa shape index (κ2) is 8.58. The number of carboxylic acid groups (broad SMARTS) is 1. The van der Waals surface area contributed by atoms with E-state index in [1.807, 2.05) is 36.1 Å². The van der Waals surface area contributed by atoms with Crippen LogP contribution in [0.5, 0.6) is 0 Å². The molecule has 1 aliphatic carbocycles. The number of halogens is 2. The summed E-state index contributed by atoms with van der Waals surface area (Å²) in [5.74, 6) is -2.00. The van der Waals surface area contributed by atoms with Crippen molar-refractivity contribution in [3.8, 4) is 11.3 Å². The van der Waals surface area contributed by atoms with Crippen LogP contribution in [0.3, 0.4) is 0 Å². The van der Waals surface area contributed by atoms with E-state index < -0.39 is 17.3 Å². The Balaban J connectivity index is 1.46. The van der Waals surface area contributed by atoms with Gasteiger partial charge >= 0.3 is 5.97 Å². The van der Waals surface area contributed by atoms with Gasteiger partial charge in [0.05, 0.1) is 22.4 Å². The predicted molar refractivity (Wildman–Crippen MR) is 126 cm³/mol. The summed E-state index contributed by atoms with van der Waals surface area (Å²) < 4.78 is 32.8. The van der Waals surface area contributed by atoms with Crippen molar-refractivity contribution in [2.75, 3.05) is 23.3 Å². The number of nitrogens with one attached hydrogen (secondary N) is 1. The van der Waals surface area contributed by atoms with E-state index in [0.29, 0.717) is 47.4 Å². The maximum Gasteiger partial charge on any atom is 0.314 e. The first kappa shape index (κ1) is 23.2. The Morgan fingerprint density at radius 2 is 1.77 bits per heavy atom. The van der Waals surface area contributed by atoms with E-state index in [-0.39, 0.29) is 25.9 Å². The van der Waals surface area contributed by atoms with Crippen molar-refractivity contribution in [1.82, 2.24) is 15.1 Å². The van der Waals surface area contributed by atoms with Crippen molar-refractivity contribution in [3.05, 3.63) is 47.3 Å². The number of anilines is 3. The van der Waals surface area contributed by atoms with Crippen molar-refractivity contribution in [1.29, 1.82) is 0 Å². The Hall–Kier alpha value is -3.56. The van der Waals surface area contributed by atoms with Gasteiger partial charge in [0.25, 0.3) is 5.92 Å². The molecule has 2 aromatic heterocycles. The minimum Gasteiger partial charge on any atom is -0.481 e. The van der Waals surface area contributed by atoms with E-state index in [1.54, 1.807) is 13.0 Å². The van der Waals surface area contributed by atoms with E-state index in [4.69, 9.17) is 4.52 Å². The summed E-state index contributed by atoms with van der Waals surface area (Å²) >= 11 is 0. The number of aliphatic carboxylic acids is 1. The molecule has 35 heavy (non-hydrogen) atoms. The number of rotatable bonds is 6. The monoisotopic (exact) mass is 483 g/mol. The number of carboxylic acids is 1. The van der Waals surface area contributed by atoms with Crippen molar-refractivity contribution in [2.24, 2.45) is 0 Å². The minimum atomic E-state index is -2.66. The standard InChI is InChI=1S/C25H27F2N5O3/c1-15-21(16(2)35-31-15)19-14-20(32-12-10-25(26,27)11-13-32)30-23(29-19)28-18-6-4-17(5-7-18)24(22(33)34)8-3-9-24/h4-7,14H,3,8-13H2,1-2H3,(H,33,34)(H,28,29,30). The molecule has 8 nitrogen and oxygen atoms in total. The maximum absolute atomic E-state index is 13.7. The fraction of sp³-hybridized carbons (Fsp3) is 0.440. The summed E-state index contributed by atoms with van der Waals surface area (Å²) in [6.45, 7) is 4.00. The molecule has 0 atom stereocenters. The molecule has 2 aliphatic rings. The van der Waals surface area contributed by atoms with Gasteiger partial charge in [-0.15, -0.1) is 0 Å². The van der Waals surface area contributed by atoms with Crippen LogP contribution in [0, 0.1) is 13.8 Å². The van der Waals surface area contributed by atoms with Gasteiger partial charge in [0, 0.05) is 37.7 Å². The highest BCUT2D eigenvalue weighted by Crippen LogP contribution is 2.44. The zero-order valence-electron chi connectivity index (χ0n) is 19.6. The molecule has 184 valence electrons. The average Bonchev–Trinajstić information content (AvgIpc) is 3.11. The normalized spacial score (nSPS) is 18.7. The Kier molecular flexibility index (Phi) is 5.69. The third-order valence-corrected chi connectivity index (χ3v) is 7.13. The maximum atomic E-state index is 13.7. The fourth-order valence-corrected chi connectivity index (χ4v) is 4.85. The van der Waals surface area contributed by atoms with E-state index in [1.165, 1.54) is 0 Å². The fourth-order valence-electron chi connectivity index (χ4n) is 4.85. The van der Waals surface area contributed by atoms with Crippen LogP contribution in [0.2, 0.25) is 0 Å². The van der Waals surface area contributed by atoms with Gasteiger partial charge in [-0.05, 0) is 44.4 Å². The summed E-state index contributed by atoms with van der Waals surface area (Å²) in [4.78, 5) is 22.9. The molecule has 3 aromatic rings. The second-order valence-corrected chi connectivity index (χ2v) is 9.42. The average molecular weight is 484 g/mol.